The first kappa shape index (κ1) is 23.7. The third-order valence-corrected chi connectivity index (χ3v) is 7.35. The number of likely N-dealkylation sites (tertiary alicyclic amines) is 1. The minimum absolute atomic E-state index is 0.608. The van der Waals surface area contributed by atoms with E-state index in [0.29, 0.717) is 17.2 Å². The Morgan fingerprint density at radius 1 is 0.857 bits per heavy atom. The Kier molecular flexibility index (Phi) is 7.28. The first-order valence-corrected chi connectivity index (χ1v) is 12.9. The van der Waals surface area contributed by atoms with Crippen molar-refractivity contribution in [1.82, 2.24) is 4.90 Å². The molecule has 0 aliphatic carbocycles. The van der Waals surface area contributed by atoms with Crippen molar-refractivity contribution in [3.8, 4) is 34.1 Å². The van der Waals surface area contributed by atoms with E-state index in [4.69, 9.17) is 18.9 Å². The molecule has 0 bridgehead atoms. The highest BCUT2D eigenvalue weighted by Crippen LogP contribution is 2.43. The van der Waals surface area contributed by atoms with Gasteiger partial charge >= 0.3 is 0 Å². The molecule has 0 atom stereocenters. The number of methoxy groups -OCH3 is 3. The van der Waals surface area contributed by atoms with Gasteiger partial charge in [0.05, 0.1) is 38.9 Å². The molecule has 0 radical (unpaired) electrons. The Labute approximate surface area is 208 Å². The number of fused-ring (bicyclic) bond motifs is 3. The molecule has 1 saturated heterocycles. The first-order chi connectivity index (χ1) is 17.2. The van der Waals surface area contributed by atoms with E-state index in [9.17, 15) is 0 Å². The van der Waals surface area contributed by atoms with Crippen molar-refractivity contribution in [3.05, 3.63) is 42.2 Å². The minimum atomic E-state index is 0.608. The third kappa shape index (κ3) is 4.90. The molecule has 2 aliphatic heterocycles. The lowest BCUT2D eigenvalue weighted by atomic mass is 9.97. The number of pyridine rings is 1. The van der Waals surface area contributed by atoms with Gasteiger partial charge in [0.25, 0.3) is 0 Å². The quantitative estimate of drug-likeness (QED) is 0.320. The molecule has 0 amide bonds. The summed E-state index contributed by atoms with van der Waals surface area (Å²) in [7, 11) is 4.95. The molecule has 0 unspecified atom stereocenters. The molecule has 35 heavy (non-hydrogen) atoms. The topological polar surface area (TPSA) is 44.0 Å². The highest BCUT2D eigenvalue weighted by atomic mass is 16.5. The number of ether oxygens (including phenoxy) is 4. The minimum Gasteiger partial charge on any atom is -0.494 e. The van der Waals surface area contributed by atoms with E-state index in [1.165, 1.54) is 48.8 Å². The molecule has 5 rings (SSSR count). The van der Waals surface area contributed by atoms with Crippen molar-refractivity contribution in [2.24, 2.45) is 0 Å². The van der Waals surface area contributed by atoms with Crippen molar-refractivity contribution in [1.29, 1.82) is 0 Å². The summed E-state index contributed by atoms with van der Waals surface area (Å²) in [6, 6.07) is 10.6. The van der Waals surface area contributed by atoms with Gasteiger partial charge in [0.2, 0.25) is 5.75 Å². The van der Waals surface area contributed by atoms with Gasteiger partial charge in [-0.1, -0.05) is 6.42 Å². The average Bonchev–Trinajstić information content (AvgIpc) is 3.39. The summed E-state index contributed by atoms with van der Waals surface area (Å²) >= 11 is 0. The highest BCUT2D eigenvalue weighted by molar-refractivity contribution is 5.98. The molecule has 3 heterocycles. The monoisotopic (exact) mass is 477 g/mol. The van der Waals surface area contributed by atoms with E-state index in [1.807, 2.05) is 12.1 Å². The molecule has 6 heteroatoms. The zero-order chi connectivity index (χ0) is 24.2. The Balaban J connectivity index is 1.45. The molecule has 0 saturated carbocycles. The zero-order valence-corrected chi connectivity index (χ0v) is 21.3. The summed E-state index contributed by atoms with van der Waals surface area (Å²) in [5.74, 6) is 2.88. The van der Waals surface area contributed by atoms with E-state index in [1.54, 1.807) is 21.3 Å². The van der Waals surface area contributed by atoms with Gasteiger partial charge in [-0.15, -0.1) is 0 Å². The fourth-order valence-corrected chi connectivity index (χ4v) is 5.57. The Morgan fingerprint density at radius 2 is 1.63 bits per heavy atom. The van der Waals surface area contributed by atoms with Crippen LogP contribution >= 0.6 is 0 Å². The van der Waals surface area contributed by atoms with Gasteiger partial charge in [0, 0.05) is 24.8 Å². The van der Waals surface area contributed by atoms with Crippen LogP contribution in [0, 0.1) is 0 Å². The number of hydrogen-bond acceptors (Lipinski definition) is 5. The summed E-state index contributed by atoms with van der Waals surface area (Å²) in [6.07, 6.45) is 9.63. The number of aryl methyl sites for hydroxylation is 2. The van der Waals surface area contributed by atoms with Crippen LogP contribution in [-0.2, 0) is 13.0 Å². The predicted molar refractivity (Wildman–Crippen MR) is 138 cm³/mol. The third-order valence-electron chi connectivity index (χ3n) is 7.35. The van der Waals surface area contributed by atoms with Crippen LogP contribution in [0.5, 0.6) is 23.0 Å². The van der Waals surface area contributed by atoms with Gasteiger partial charge in [-0.25, -0.2) is 4.57 Å². The van der Waals surface area contributed by atoms with Crippen LogP contribution in [0.3, 0.4) is 0 Å². The average molecular weight is 478 g/mol. The number of aromatic nitrogens is 1. The summed E-state index contributed by atoms with van der Waals surface area (Å²) < 4.78 is 25.4. The molecule has 186 valence electrons. The van der Waals surface area contributed by atoms with Crippen molar-refractivity contribution in [2.45, 2.75) is 45.1 Å². The van der Waals surface area contributed by atoms with Crippen LogP contribution in [0.15, 0.2) is 36.5 Å². The lowest BCUT2D eigenvalue weighted by molar-refractivity contribution is -0.688. The van der Waals surface area contributed by atoms with Crippen LogP contribution in [-0.4, -0.2) is 52.5 Å². The molecule has 2 aromatic carbocycles. The maximum Gasteiger partial charge on any atom is 0.203 e. The van der Waals surface area contributed by atoms with E-state index < -0.39 is 0 Å². The van der Waals surface area contributed by atoms with Gasteiger partial charge in [-0.2, -0.15) is 0 Å². The fourth-order valence-electron chi connectivity index (χ4n) is 5.57. The molecule has 0 spiro atoms. The van der Waals surface area contributed by atoms with E-state index >= 15 is 0 Å². The lowest BCUT2D eigenvalue weighted by Gasteiger charge is -2.26. The number of hydrogen-bond donors (Lipinski definition) is 0. The second-order valence-electron chi connectivity index (χ2n) is 9.51. The van der Waals surface area contributed by atoms with Gasteiger partial charge in [0.15, 0.2) is 23.4 Å². The molecule has 0 N–H and O–H groups in total. The number of rotatable bonds is 9. The molecule has 2 aliphatic rings. The molecular formula is C29H37N2O4+. The molecular weight excluding hydrogens is 440 g/mol. The number of nitrogens with zero attached hydrogens (tertiary/aromatic N) is 2. The van der Waals surface area contributed by atoms with E-state index in [0.717, 1.165) is 55.8 Å². The van der Waals surface area contributed by atoms with E-state index in [2.05, 4.69) is 33.9 Å². The van der Waals surface area contributed by atoms with Gasteiger partial charge < -0.3 is 23.8 Å². The van der Waals surface area contributed by atoms with Gasteiger partial charge in [0.1, 0.15) is 12.3 Å². The van der Waals surface area contributed by atoms with E-state index in [-0.39, 0.29) is 0 Å². The maximum atomic E-state index is 6.22. The second-order valence-corrected chi connectivity index (χ2v) is 9.51. The second kappa shape index (κ2) is 10.7. The molecule has 1 fully saturated rings. The SMILES string of the molecule is COc1cc(-c2c[n+]3c(c4cc(OCCCN5CCCCC5)ccc24)CCC3)cc(OC)c1OC. The molecule has 6 nitrogen and oxygen atoms in total. The summed E-state index contributed by atoms with van der Waals surface area (Å²) in [5.41, 5.74) is 3.58. The summed E-state index contributed by atoms with van der Waals surface area (Å²) in [4.78, 5) is 2.57. The van der Waals surface area contributed by atoms with Crippen LogP contribution in [0.25, 0.3) is 21.9 Å². The van der Waals surface area contributed by atoms with Crippen LogP contribution in [0.4, 0.5) is 0 Å². The largest absolute Gasteiger partial charge is 0.494 e. The Morgan fingerprint density at radius 3 is 2.34 bits per heavy atom. The van der Waals surface area contributed by atoms with Crippen molar-refractivity contribution in [2.75, 3.05) is 47.6 Å². The standard InChI is InChI=1S/C29H37N2O4/c1-32-27-17-21(18-28(33-2)29(27)34-3)25-20-31-15-7-9-26(31)24-19-22(10-11-23(24)25)35-16-8-14-30-12-5-4-6-13-30/h10-11,17-20H,4-9,12-16H2,1-3H3/q+1. The summed E-state index contributed by atoms with van der Waals surface area (Å²) in [6.45, 7) is 5.39. The predicted octanol–water partition coefficient (Wildman–Crippen LogP) is 5.02. The molecule has 3 aromatic rings. The lowest BCUT2D eigenvalue weighted by Crippen LogP contribution is -2.33. The van der Waals surface area contributed by atoms with Crippen LogP contribution in [0.2, 0.25) is 0 Å². The smallest absolute Gasteiger partial charge is 0.203 e. The fraction of sp³-hybridized carbons (Fsp3) is 0.483. The van der Waals surface area contributed by atoms with Crippen molar-refractivity contribution >= 4 is 10.8 Å². The first-order valence-electron chi connectivity index (χ1n) is 12.9. The summed E-state index contributed by atoms with van der Waals surface area (Å²) in [5, 5.41) is 2.48. The number of piperidine rings is 1. The zero-order valence-electron chi connectivity index (χ0n) is 21.3. The number of benzene rings is 2. The van der Waals surface area contributed by atoms with Gasteiger partial charge in [-0.3, -0.25) is 0 Å². The molecule has 1 aromatic heterocycles. The Bertz CT molecular complexity index is 1160. The normalized spacial score (nSPS) is 15.7. The van der Waals surface area contributed by atoms with Crippen molar-refractivity contribution < 1.29 is 23.5 Å². The highest BCUT2D eigenvalue weighted by Gasteiger charge is 2.26. The van der Waals surface area contributed by atoms with Crippen molar-refractivity contribution in [3.63, 3.8) is 0 Å². The van der Waals surface area contributed by atoms with Crippen LogP contribution in [0.1, 0.15) is 37.8 Å². The van der Waals surface area contributed by atoms with Gasteiger partial charge in [-0.05, 0) is 68.2 Å². The maximum absolute atomic E-state index is 6.22. The Hall–Kier alpha value is -2.99. The van der Waals surface area contributed by atoms with Crippen LogP contribution < -0.4 is 23.5 Å².